The van der Waals surface area contributed by atoms with Crippen LogP contribution in [0, 0.1) is 12.8 Å². The van der Waals surface area contributed by atoms with Crippen molar-refractivity contribution in [3.63, 3.8) is 0 Å². The molecule has 9 nitrogen and oxygen atoms in total. The third kappa shape index (κ3) is 4.55. The molecule has 0 unspecified atom stereocenters. The lowest BCUT2D eigenvalue weighted by atomic mass is 10.1. The molecule has 0 aliphatic carbocycles. The molecule has 4 rings (SSSR count). The Balaban J connectivity index is 1.37. The zero-order valence-electron chi connectivity index (χ0n) is 17.5. The summed E-state index contributed by atoms with van der Waals surface area (Å²) in [5.41, 5.74) is 2.71. The highest BCUT2D eigenvalue weighted by molar-refractivity contribution is 6.00. The van der Waals surface area contributed by atoms with Gasteiger partial charge < -0.3 is 15.0 Å². The molecule has 0 radical (unpaired) electrons. The van der Waals surface area contributed by atoms with Gasteiger partial charge in [0.1, 0.15) is 5.75 Å². The Bertz CT molecular complexity index is 1060. The van der Waals surface area contributed by atoms with Gasteiger partial charge in [-0.2, -0.15) is 4.68 Å². The summed E-state index contributed by atoms with van der Waals surface area (Å²) >= 11 is 0. The van der Waals surface area contributed by atoms with Gasteiger partial charge in [0, 0.05) is 18.7 Å². The maximum Gasteiger partial charge on any atom is 0.227 e. The van der Waals surface area contributed by atoms with E-state index in [1.165, 1.54) is 0 Å². The van der Waals surface area contributed by atoms with Crippen LogP contribution in [0.4, 0.5) is 5.69 Å². The fourth-order valence-electron chi connectivity index (χ4n) is 3.53. The summed E-state index contributed by atoms with van der Waals surface area (Å²) in [6, 6.07) is 15.1. The van der Waals surface area contributed by atoms with E-state index in [-0.39, 0.29) is 24.8 Å². The number of carbonyl (C=O) groups excluding carboxylic acids is 2. The smallest absolute Gasteiger partial charge is 0.227 e. The van der Waals surface area contributed by atoms with Gasteiger partial charge in [-0.05, 0) is 60.7 Å². The normalized spacial score (nSPS) is 15.9. The van der Waals surface area contributed by atoms with Gasteiger partial charge in [-0.3, -0.25) is 9.59 Å². The van der Waals surface area contributed by atoms with Crippen molar-refractivity contribution < 1.29 is 14.3 Å². The quantitative estimate of drug-likeness (QED) is 0.628. The molecule has 9 heteroatoms. The lowest BCUT2D eigenvalue weighted by Crippen LogP contribution is -2.33. The Morgan fingerprint density at radius 2 is 1.84 bits per heavy atom. The zero-order valence-corrected chi connectivity index (χ0v) is 17.5. The molecule has 1 N–H and O–H groups in total. The molecule has 1 aromatic heterocycles. The Labute approximate surface area is 180 Å². The van der Waals surface area contributed by atoms with Gasteiger partial charge in [0.15, 0.2) is 5.82 Å². The van der Waals surface area contributed by atoms with Crippen LogP contribution in [0.15, 0.2) is 48.5 Å². The Kier molecular flexibility index (Phi) is 5.92. The van der Waals surface area contributed by atoms with Gasteiger partial charge in [-0.1, -0.05) is 17.7 Å². The van der Waals surface area contributed by atoms with Gasteiger partial charge >= 0.3 is 0 Å². The van der Waals surface area contributed by atoms with Crippen molar-refractivity contribution in [2.24, 2.45) is 5.92 Å². The molecule has 160 valence electrons. The van der Waals surface area contributed by atoms with Gasteiger partial charge in [0.25, 0.3) is 0 Å². The second kappa shape index (κ2) is 8.95. The van der Waals surface area contributed by atoms with Crippen molar-refractivity contribution in [1.82, 2.24) is 25.5 Å². The maximum atomic E-state index is 12.7. The van der Waals surface area contributed by atoms with Gasteiger partial charge in [-0.25, -0.2) is 0 Å². The predicted molar refractivity (Wildman–Crippen MR) is 114 cm³/mol. The summed E-state index contributed by atoms with van der Waals surface area (Å²) in [5.74, 6) is 0.570. The van der Waals surface area contributed by atoms with Crippen molar-refractivity contribution in [3.8, 4) is 11.4 Å². The molecule has 0 saturated carbocycles. The second-order valence-corrected chi connectivity index (χ2v) is 7.39. The maximum absolute atomic E-state index is 12.7. The first-order chi connectivity index (χ1) is 15.0. The average molecular weight is 420 g/mol. The van der Waals surface area contributed by atoms with E-state index < -0.39 is 5.92 Å². The highest BCUT2D eigenvalue weighted by Gasteiger charge is 2.35. The minimum absolute atomic E-state index is 0.0752. The molecule has 31 heavy (non-hydrogen) atoms. The van der Waals surface area contributed by atoms with Crippen LogP contribution in [0.5, 0.6) is 5.75 Å². The van der Waals surface area contributed by atoms with E-state index >= 15 is 0 Å². The number of hydrogen-bond donors (Lipinski definition) is 1. The zero-order chi connectivity index (χ0) is 21.8. The number of aromatic nitrogens is 4. The van der Waals surface area contributed by atoms with Crippen LogP contribution in [0.2, 0.25) is 0 Å². The molecule has 1 aliphatic rings. The SMILES string of the molecule is CCOc1ccc(N2C[C@@H](C(=O)NCc3nnnn3-c3ccc(C)cc3)CC2=O)cc1. The summed E-state index contributed by atoms with van der Waals surface area (Å²) in [6.45, 7) is 5.01. The standard InChI is InChI=1S/C22H24N6O3/c1-3-31-19-10-8-17(9-11-19)27-14-16(12-21(27)29)22(30)23-13-20-24-25-26-28(20)18-6-4-15(2)5-7-18/h4-11,16H,3,12-14H2,1-2H3,(H,23,30)/t16-/m0/s1. The largest absolute Gasteiger partial charge is 0.494 e. The molecule has 0 spiro atoms. The molecular weight excluding hydrogens is 396 g/mol. The summed E-state index contributed by atoms with van der Waals surface area (Å²) in [4.78, 5) is 26.8. The number of anilines is 1. The minimum atomic E-state index is -0.428. The molecule has 2 aromatic carbocycles. The topological polar surface area (TPSA) is 102 Å². The van der Waals surface area contributed by atoms with E-state index in [2.05, 4.69) is 20.8 Å². The molecule has 1 aliphatic heterocycles. The highest BCUT2D eigenvalue weighted by Crippen LogP contribution is 2.27. The number of nitrogens with zero attached hydrogens (tertiary/aromatic N) is 5. The number of nitrogens with one attached hydrogen (secondary N) is 1. The van der Waals surface area contributed by atoms with Gasteiger partial charge in [-0.15, -0.1) is 5.10 Å². The van der Waals surface area contributed by atoms with E-state index in [1.54, 1.807) is 9.58 Å². The molecule has 0 bridgehead atoms. The van der Waals surface area contributed by atoms with E-state index in [4.69, 9.17) is 4.74 Å². The molecule has 2 heterocycles. The summed E-state index contributed by atoms with van der Waals surface area (Å²) < 4.78 is 7.03. The van der Waals surface area contributed by atoms with Gasteiger partial charge in [0.05, 0.1) is 24.8 Å². The van der Waals surface area contributed by atoms with E-state index in [0.29, 0.717) is 19.0 Å². The predicted octanol–water partition coefficient (Wildman–Crippen LogP) is 2.04. The van der Waals surface area contributed by atoms with Crippen molar-refractivity contribution in [3.05, 3.63) is 59.9 Å². The van der Waals surface area contributed by atoms with E-state index in [0.717, 1.165) is 22.7 Å². The lowest BCUT2D eigenvalue weighted by molar-refractivity contribution is -0.126. The number of ether oxygens (including phenoxy) is 1. The molecule has 3 aromatic rings. The third-order valence-corrected chi connectivity index (χ3v) is 5.19. The summed E-state index contributed by atoms with van der Waals surface area (Å²) in [7, 11) is 0. The molecule has 2 amide bonds. The van der Waals surface area contributed by atoms with E-state index in [9.17, 15) is 9.59 Å². The van der Waals surface area contributed by atoms with Crippen molar-refractivity contribution in [2.45, 2.75) is 26.8 Å². The Hall–Kier alpha value is -3.75. The van der Waals surface area contributed by atoms with Crippen molar-refractivity contribution in [1.29, 1.82) is 0 Å². The minimum Gasteiger partial charge on any atom is -0.494 e. The average Bonchev–Trinajstić information content (AvgIpc) is 3.40. The van der Waals surface area contributed by atoms with Crippen LogP contribution in [-0.2, 0) is 16.1 Å². The number of tetrazole rings is 1. The third-order valence-electron chi connectivity index (χ3n) is 5.19. The van der Waals surface area contributed by atoms with Crippen LogP contribution < -0.4 is 15.0 Å². The first-order valence-corrected chi connectivity index (χ1v) is 10.2. The fraction of sp³-hybridized carbons (Fsp3) is 0.318. The van der Waals surface area contributed by atoms with E-state index in [1.807, 2.05) is 62.4 Å². The van der Waals surface area contributed by atoms with Crippen LogP contribution >= 0.6 is 0 Å². The number of aryl methyl sites for hydroxylation is 1. The van der Waals surface area contributed by atoms with Crippen LogP contribution in [0.1, 0.15) is 24.7 Å². The summed E-state index contributed by atoms with van der Waals surface area (Å²) in [6.07, 6.45) is 0.169. The second-order valence-electron chi connectivity index (χ2n) is 7.39. The summed E-state index contributed by atoms with van der Waals surface area (Å²) in [5, 5.41) is 14.6. The first kappa shape index (κ1) is 20.5. The molecule has 1 fully saturated rings. The Morgan fingerprint density at radius 3 is 2.55 bits per heavy atom. The monoisotopic (exact) mass is 420 g/mol. The number of benzene rings is 2. The molecular formula is C22H24N6O3. The Morgan fingerprint density at radius 1 is 1.13 bits per heavy atom. The molecule has 1 saturated heterocycles. The number of hydrogen-bond acceptors (Lipinski definition) is 6. The molecule has 1 atom stereocenters. The van der Waals surface area contributed by atoms with Gasteiger partial charge in [0.2, 0.25) is 11.8 Å². The lowest BCUT2D eigenvalue weighted by Gasteiger charge is -2.17. The number of carbonyl (C=O) groups is 2. The van der Waals surface area contributed by atoms with Crippen LogP contribution in [-0.4, -0.2) is 45.2 Å². The van der Waals surface area contributed by atoms with Crippen molar-refractivity contribution >= 4 is 17.5 Å². The van der Waals surface area contributed by atoms with Crippen LogP contribution in [0.3, 0.4) is 0 Å². The number of amides is 2. The number of rotatable bonds is 7. The van der Waals surface area contributed by atoms with Crippen molar-refractivity contribution in [2.75, 3.05) is 18.1 Å². The first-order valence-electron chi connectivity index (χ1n) is 10.2. The fourth-order valence-corrected chi connectivity index (χ4v) is 3.53. The highest BCUT2D eigenvalue weighted by atomic mass is 16.5. The van der Waals surface area contributed by atoms with Crippen LogP contribution in [0.25, 0.3) is 5.69 Å².